The molecule has 0 spiro atoms. The monoisotopic (exact) mass is 373 g/mol. The summed E-state index contributed by atoms with van der Waals surface area (Å²) in [6.45, 7) is 2.26. The van der Waals surface area contributed by atoms with Crippen LogP contribution in [0.1, 0.15) is 96.8 Å². The summed E-state index contributed by atoms with van der Waals surface area (Å²) < 4.78 is 0. The van der Waals surface area contributed by atoms with Crippen LogP contribution in [0.2, 0.25) is 0 Å². The second-order valence-electron chi connectivity index (χ2n) is 6.80. The van der Waals surface area contributed by atoms with E-state index in [1.54, 1.807) is 0 Å². The lowest BCUT2D eigenvalue weighted by atomic mass is 10.0. The number of hydrogen-bond acceptors (Lipinski definition) is 4. The molecule has 0 aliphatic rings. The second-order valence-corrected chi connectivity index (χ2v) is 7.17. The van der Waals surface area contributed by atoms with Gasteiger partial charge in [-0.05, 0) is 6.42 Å². The van der Waals surface area contributed by atoms with Gasteiger partial charge in [-0.15, -0.1) is 0 Å². The van der Waals surface area contributed by atoms with Crippen molar-refractivity contribution >= 4 is 24.4 Å². The largest absolute Gasteiger partial charge is 0.343 e. The molecule has 0 aromatic heterocycles. The van der Waals surface area contributed by atoms with Crippen molar-refractivity contribution in [1.82, 2.24) is 10.7 Å². The van der Waals surface area contributed by atoms with Gasteiger partial charge >= 0.3 is 0 Å². The average Bonchev–Trinajstić information content (AvgIpc) is 2.62. The zero-order chi connectivity index (χ0) is 18.8. The lowest BCUT2D eigenvalue weighted by Crippen LogP contribution is -2.49. The van der Waals surface area contributed by atoms with Crippen LogP contribution in [0.5, 0.6) is 0 Å². The number of thiol groups is 1. The maximum Gasteiger partial charge on any atom is 0.257 e. The molecule has 6 heteroatoms. The van der Waals surface area contributed by atoms with Gasteiger partial charge in [0, 0.05) is 12.2 Å². The van der Waals surface area contributed by atoms with E-state index in [1.807, 2.05) is 5.43 Å². The summed E-state index contributed by atoms with van der Waals surface area (Å²) in [4.78, 5) is 23.1. The molecule has 0 saturated carbocycles. The molecule has 1 atom stereocenters. The van der Waals surface area contributed by atoms with Crippen LogP contribution in [-0.4, -0.2) is 23.6 Å². The molecule has 0 heterocycles. The molecule has 5 nitrogen and oxygen atoms in total. The highest BCUT2D eigenvalue weighted by molar-refractivity contribution is 7.80. The Morgan fingerprint density at radius 2 is 1.28 bits per heavy atom. The zero-order valence-electron chi connectivity index (χ0n) is 16.0. The van der Waals surface area contributed by atoms with Gasteiger partial charge in [0.1, 0.15) is 6.04 Å². The number of carbonyl (C=O) groups excluding carboxylic acids is 2. The SMILES string of the molecule is CCCCCCCCCCCCCCCC(=O)N[C@@H](CS)C(=O)NN. The van der Waals surface area contributed by atoms with Crippen LogP contribution in [0.4, 0.5) is 0 Å². The minimum Gasteiger partial charge on any atom is -0.343 e. The van der Waals surface area contributed by atoms with Crippen molar-refractivity contribution in [2.45, 2.75) is 103 Å². The molecule has 0 radical (unpaired) electrons. The fourth-order valence-corrected chi connectivity index (χ4v) is 3.12. The van der Waals surface area contributed by atoms with Gasteiger partial charge in [0.2, 0.25) is 5.91 Å². The van der Waals surface area contributed by atoms with E-state index in [1.165, 1.54) is 70.6 Å². The van der Waals surface area contributed by atoms with Crippen molar-refractivity contribution in [2.24, 2.45) is 5.84 Å². The highest BCUT2D eigenvalue weighted by Crippen LogP contribution is 2.12. The molecule has 0 aromatic carbocycles. The van der Waals surface area contributed by atoms with Crippen LogP contribution in [-0.2, 0) is 9.59 Å². The number of hydrogen-bond donors (Lipinski definition) is 4. The van der Waals surface area contributed by atoms with Crippen LogP contribution in [0.15, 0.2) is 0 Å². The minimum absolute atomic E-state index is 0.106. The fraction of sp³-hybridized carbons (Fsp3) is 0.895. The standard InChI is InChI=1S/C19H39N3O2S/c1-2-3-4-5-6-7-8-9-10-11-12-13-14-15-18(23)21-17(16-25)19(24)22-20/h17,25H,2-16,20H2,1H3,(H,21,23)(H,22,24)/t17-/m0/s1. The molecular formula is C19H39N3O2S. The predicted molar refractivity (Wildman–Crippen MR) is 108 cm³/mol. The summed E-state index contributed by atoms with van der Waals surface area (Å²) in [5.41, 5.74) is 2.04. The average molecular weight is 374 g/mol. The van der Waals surface area contributed by atoms with E-state index in [9.17, 15) is 9.59 Å². The van der Waals surface area contributed by atoms with Gasteiger partial charge in [0.15, 0.2) is 0 Å². The van der Waals surface area contributed by atoms with Crippen LogP contribution >= 0.6 is 12.6 Å². The third-order valence-electron chi connectivity index (χ3n) is 4.48. The molecule has 25 heavy (non-hydrogen) atoms. The molecule has 0 rings (SSSR count). The summed E-state index contributed by atoms with van der Waals surface area (Å²) in [5.74, 6) is 4.79. The third-order valence-corrected chi connectivity index (χ3v) is 4.85. The summed E-state index contributed by atoms with van der Waals surface area (Å²) in [6.07, 6.45) is 17.1. The fourth-order valence-electron chi connectivity index (χ4n) is 2.86. The van der Waals surface area contributed by atoms with E-state index in [0.717, 1.165) is 12.8 Å². The Kier molecular flexibility index (Phi) is 17.5. The number of hydrazine groups is 1. The van der Waals surface area contributed by atoms with Gasteiger partial charge in [-0.3, -0.25) is 15.0 Å². The highest BCUT2D eigenvalue weighted by Gasteiger charge is 2.17. The lowest BCUT2D eigenvalue weighted by molar-refractivity contribution is -0.128. The number of carbonyl (C=O) groups is 2. The molecule has 0 bridgehead atoms. The Labute approximate surface area is 159 Å². The zero-order valence-corrected chi connectivity index (χ0v) is 16.9. The van der Waals surface area contributed by atoms with Crippen molar-refractivity contribution in [3.63, 3.8) is 0 Å². The van der Waals surface area contributed by atoms with Crippen molar-refractivity contribution in [1.29, 1.82) is 0 Å². The molecule has 148 valence electrons. The minimum atomic E-state index is -0.650. The third kappa shape index (κ3) is 15.2. The quantitative estimate of drug-likeness (QED) is 0.103. The van der Waals surface area contributed by atoms with Crippen LogP contribution < -0.4 is 16.6 Å². The van der Waals surface area contributed by atoms with E-state index >= 15 is 0 Å². The van der Waals surface area contributed by atoms with Gasteiger partial charge in [-0.2, -0.15) is 12.6 Å². The molecule has 4 N–H and O–H groups in total. The first kappa shape index (κ1) is 24.2. The van der Waals surface area contributed by atoms with E-state index in [4.69, 9.17) is 5.84 Å². The number of amides is 2. The van der Waals surface area contributed by atoms with Gasteiger partial charge in [0.25, 0.3) is 5.91 Å². The maximum absolute atomic E-state index is 11.8. The Balaban J connectivity index is 3.37. The normalized spacial score (nSPS) is 12.0. The summed E-state index contributed by atoms with van der Waals surface area (Å²) in [5, 5.41) is 2.65. The number of nitrogens with one attached hydrogen (secondary N) is 2. The second kappa shape index (κ2) is 18.1. The van der Waals surface area contributed by atoms with Gasteiger partial charge in [-0.25, -0.2) is 5.84 Å². The molecule has 0 aliphatic heterocycles. The highest BCUT2D eigenvalue weighted by atomic mass is 32.1. The van der Waals surface area contributed by atoms with Gasteiger partial charge in [0.05, 0.1) is 0 Å². The Morgan fingerprint density at radius 1 is 0.840 bits per heavy atom. The van der Waals surface area contributed by atoms with Crippen LogP contribution in [0.25, 0.3) is 0 Å². The molecule has 0 unspecified atom stereocenters. The predicted octanol–water partition coefficient (Wildman–Crippen LogP) is 3.87. The van der Waals surface area contributed by atoms with Crippen molar-refractivity contribution < 1.29 is 9.59 Å². The van der Waals surface area contributed by atoms with Crippen molar-refractivity contribution in [2.75, 3.05) is 5.75 Å². The summed E-state index contributed by atoms with van der Waals surface area (Å²) >= 11 is 4.05. The molecule has 0 aliphatic carbocycles. The summed E-state index contributed by atoms with van der Waals surface area (Å²) in [7, 11) is 0. The molecular weight excluding hydrogens is 334 g/mol. The smallest absolute Gasteiger partial charge is 0.257 e. The molecule has 0 fully saturated rings. The van der Waals surface area contributed by atoms with E-state index in [0.29, 0.717) is 6.42 Å². The Morgan fingerprint density at radius 3 is 1.68 bits per heavy atom. The molecule has 0 aromatic rings. The Hall–Kier alpha value is -0.750. The van der Waals surface area contributed by atoms with Crippen molar-refractivity contribution in [3.8, 4) is 0 Å². The first-order valence-electron chi connectivity index (χ1n) is 10.1. The first-order valence-corrected chi connectivity index (χ1v) is 10.7. The lowest BCUT2D eigenvalue weighted by Gasteiger charge is -2.14. The maximum atomic E-state index is 11.8. The van der Waals surface area contributed by atoms with Gasteiger partial charge < -0.3 is 5.32 Å². The van der Waals surface area contributed by atoms with E-state index in [2.05, 4.69) is 24.9 Å². The van der Waals surface area contributed by atoms with Crippen LogP contribution in [0.3, 0.4) is 0 Å². The Bertz CT molecular complexity index is 341. The van der Waals surface area contributed by atoms with Crippen molar-refractivity contribution in [3.05, 3.63) is 0 Å². The number of unbranched alkanes of at least 4 members (excludes halogenated alkanes) is 12. The first-order chi connectivity index (χ1) is 12.2. The van der Waals surface area contributed by atoms with Crippen LogP contribution in [0, 0.1) is 0 Å². The topological polar surface area (TPSA) is 84.2 Å². The molecule has 0 saturated heterocycles. The van der Waals surface area contributed by atoms with E-state index in [-0.39, 0.29) is 11.7 Å². The van der Waals surface area contributed by atoms with Gasteiger partial charge in [-0.1, -0.05) is 84.0 Å². The number of rotatable bonds is 17. The molecule has 2 amide bonds. The summed E-state index contributed by atoms with van der Waals surface area (Å²) in [6, 6.07) is -0.650. The van der Waals surface area contributed by atoms with E-state index < -0.39 is 11.9 Å². The number of nitrogens with two attached hydrogens (primary N) is 1.